The molecule has 2 rings (SSSR count). The molecule has 0 saturated carbocycles. The quantitative estimate of drug-likeness (QED) is 0.814. The average Bonchev–Trinajstić information content (AvgIpc) is 2.92. The van der Waals surface area contributed by atoms with E-state index in [9.17, 15) is 0 Å². The van der Waals surface area contributed by atoms with Gasteiger partial charge in [-0.15, -0.1) is 11.3 Å². The number of nitrogens with zero attached hydrogens (tertiary/aromatic N) is 3. The molecule has 0 unspecified atom stereocenters. The lowest BCUT2D eigenvalue weighted by Crippen LogP contribution is -2.11. The van der Waals surface area contributed by atoms with Crippen molar-refractivity contribution in [2.45, 2.75) is 26.7 Å². The van der Waals surface area contributed by atoms with Crippen molar-refractivity contribution in [2.24, 2.45) is 0 Å². The molecule has 2 heterocycles. The van der Waals surface area contributed by atoms with Crippen LogP contribution in [0.25, 0.3) is 0 Å². The van der Waals surface area contributed by atoms with Crippen molar-refractivity contribution in [1.29, 1.82) is 0 Å². The van der Waals surface area contributed by atoms with Crippen LogP contribution in [0, 0.1) is 6.92 Å². The molecule has 6 heteroatoms. The van der Waals surface area contributed by atoms with E-state index in [1.54, 1.807) is 11.3 Å². The van der Waals surface area contributed by atoms with Crippen molar-refractivity contribution in [1.82, 2.24) is 15.0 Å². The van der Waals surface area contributed by atoms with Gasteiger partial charge in [0.1, 0.15) is 5.82 Å². The Morgan fingerprint density at radius 2 is 2.11 bits per heavy atom. The second-order valence-corrected chi connectivity index (χ2v) is 5.03. The Balaban J connectivity index is 1.90. The number of aryl methyl sites for hydroxylation is 1. The zero-order valence-electron chi connectivity index (χ0n) is 11.3. The number of thiazole rings is 1. The fourth-order valence-electron chi connectivity index (χ4n) is 1.61. The summed E-state index contributed by atoms with van der Waals surface area (Å²) < 4.78 is 0. The minimum atomic E-state index is 0.684. The highest BCUT2D eigenvalue weighted by Gasteiger charge is 2.03. The molecule has 0 spiro atoms. The molecule has 2 aromatic heterocycles. The van der Waals surface area contributed by atoms with E-state index in [1.165, 1.54) is 0 Å². The third-order valence-electron chi connectivity index (χ3n) is 2.66. The Morgan fingerprint density at radius 3 is 2.84 bits per heavy atom. The highest BCUT2D eigenvalue weighted by Crippen LogP contribution is 2.12. The monoisotopic (exact) mass is 277 g/mol. The van der Waals surface area contributed by atoms with Gasteiger partial charge in [0.25, 0.3) is 0 Å². The van der Waals surface area contributed by atoms with Crippen molar-refractivity contribution in [3.8, 4) is 0 Å². The van der Waals surface area contributed by atoms with E-state index in [4.69, 9.17) is 0 Å². The summed E-state index contributed by atoms with van der Waals surface area (Å²) in [5.74, 6) is 1.58. The van der Waals surface area contributed by atoms with Crippen molar-refractivity contribution in [3.05, 3.63) is 28.3 Å². The largest absolute Gasteiger partial charge is 0.369 e. The van der Waals surface area contributed by atoms with Crippen molar-refractivity contribution in [3.63, 3.8) is 0 Å². The van der Waals surface area contributed by atoms with E-state index in [0.717, 1.165) is 43.0 Å². The fraction of sp³-hybridized carbons (Fsp3) is 0.462. The zero-order chi connectivity index (χ0) is 13.5. The van der Waals surface area contributed by atoms with Gasteiger partial charge >= 0.3 is 0 Å². The molecule has 0 saturated heterocycles. The molecule has 0 bridgehead atoms. The summed E-state index contributed by atoms with van der Waals surface area (Å²) in [6.45, 7) is 5.85. The molecule has 0 fully saturated rings. The summed E-state index contributed by atoms with van der Waals surface area (Å²) in [4.78, 5) is 13.0. The first-order valence-corrected chi connectivity index (χ1v) is 7.42. The molecule has 102 valence electrons. The zero-order valence-corrected chi connectivity index (χ0v) is 12.1. The number of anilines is 2. The lowest BCUT2D eigenvalue weighted by molar-refractivity contribution is 0.936. The summed E-state index contributed by atoms with van der Waals surface area (Å²) in [6, 6.07) is 0. The number of hydrogen-bond donors (Lipinski definition) is 2. The lowest BCUT2D eigenvalue weighted by Gasteiger charge is -2.10. The van der Waals surface area contributed by atoms with Crippen LogP contribution in [0.5, 0.6) is 0 Å². The Bertz CT molecular complexity index is 498. The van der Waals surface area contributed by atoms with Crippen molar-refractivity contribution >= 4 is 23.1 Å². The lowest BCUT2D eigenvalue weighted by atomic mass is 10.3. The summed E-state index contributed by atoms with van der Waals surface area (Å²) in [5.41, 5.74) is 4.03. The summed E-state index contributed by atoms with van der Waals surface area (Å²) >= 11 is 1.63. The third-order valence-corrected chi connectivity index (χ3v) is 3.30. The first-order valence-electron chi connectivity index (χ1n) is 6.48. The first-order chi connectivity index (χ1) is 9.29. The third kappa shape index (κ3) is 4.17. The molecular weight excluding hydrogens is 258 g/mol. The standard InChI is InChI=1S/C13H19N5S/c1-3-5-15-13-16-7-10(2)12(18-13)14-6-4-11-8-19-9-17-11/h7-9H,3-6H2,1-2H3,(H2,14,15,16,18). The van der Waals surface area contributed by atoms with Gasteiger partial charge in [0.05, 0.1) is 11.2 Å². The highest BCUT2D eigenvalue weighted by atomic mass is 32.1. The number of rotatable bonds is 7. The normalized spacial score (nSPS) is 10.4. The first kappa shape index (κ1) is 13.7. The van der Waals surface area contributed by atoms with Crippen molar-refractivity contribution in [2.75, 3.05) is 23.7 Å². The second kappa shape index (κ2) is 7.04. The SMILES string of the molecule is CCCNc1ncc(C)c(NCCc2cscn2)n1. The molecule has 0 aliphatic carbocycles. The summed E-state index contributed by atoms with van der Waals surface area (Å²) in [5, 5.41) is 8.61. The average molecular weight is 277 g/mol. The molecule has 0 aliphatic heterocycles. The maximum atomic E-state index is 4.48. The Kier molecular flexibility index (Phi) is 5.09. The van der Waals surface area contributed by atoms with Crippen LogP contribution < -0.4 is 10.6 Å². The Morgan fingerprint density at radius 1 is 1.21 bits per heavy atom. The van der Waals surface area contributed by atoms with Gasteiger partial charge < -0.3 is 10.6 Å². The molecular formula is C13H19N5S. The van der Waals surface area contributed by atoms with Crippen LogP contribution in [-0.4, -0.2) is 28.0 Å². The number of aromatic nitrogens is 3. The van der Waals surface area contributed by atoms with Gasteiger partial charge in [0.2, 0.25) is 5.95 Å². The van der Waals surface area contributed by atoms with Gasteiger partial charge in [-0.1, -0.05) is 6.92 Å². The fourth-order valence-corrected chi connectivity index (χ4v) is 2.21. The minimum absolute atomic E-state index is 0.684. The number of hydrogen-bond acceptors (Lipinski definition) is 6. The van der Waals surface area contributed by atoms with Crippen LogP contribution in [0.15, 0.2) is 17.1 Å². The van der Waals surface area contributed by atoms with Crippen LogP contribution in [0.1, 0.15) is 24.6 Å². The van der Waals surface area contributed by atoms with E-state index in [2.05, 4.69) is 37.9 Å². The summed E-state index contributed by atoms with van der Waals surface area (Å²) in [7, 11) is 0. The Labute approximate surface area is 117 Å². The van der Waals surface area contributed by atoms with Crippen LogP contribution in [0.4, 0.5) is 11.8 Å². The van der Waals surface area contributed by atoms with Gasteiger partial charge in [0.15, 0.2) is 0 Å². The molecule has 0 radical (unpaired) electrons. The molecule has 19 heavy (non-hydrogen) atoms. The van der Waals surface area contributed by atoms with Gasteiger partial charge in [-0.25, -0.2) is 9.97 Å². The number of nitrogens with one attached hydrogen (secondary N) is 2. The van der Waals surface area contributed by atoms with Crippen LogP contribution in [0.2, 0.25) is 0 Å². The molecule has 5 nitrogen and oxygen atoms in total. The van der Waals surface area contributed by atoms with E-state index >= 15 is 0 Å². The van der Waals surface area contributed by atoms with Gasteiger partial charge in [-0.05, 0) is 13.3 Å². The molecule has 2 N–H and O–H groups in total. The maximum absolute atomic E-state index is 4.48. The van der Waals surface area contributed by atoms with E-state index in [-0.39, 0.29) is 0 Å². The molecule has 0 aliphatic rings. The molecule has 0 amide bonds. The van der Waals surface area contributed by atoms with Crippen LogP contribution >= 0.6 is 11.3 Å². The Hall–Kier alpha value is -1.69. The maximum Gasteiger partial charge on any atom is 0.224 e. The predicted molar refractivity (Wildman–Crippen MR) is 79.9 cm³/mol. The minimum Gasteiger partial charge on any atom is -0.369 e. The van der Waals surface area contributed by atoms with E-state index in [0.29, 0.717) is 5.95 Å². The predicted octanol–water partition coefficient (Wildman–Crippen LogP) is 2.72. The topological polar surface area (TPSA) is 62.7 Å². The van der Waals surface area contributed by atoms with Crippen LogP contribution in [0.3, 0.4) is 0 Å². The van der Waals surface area contributed by atoms with Crippen molar-refractivity contribution < 1.29 is 0 Å². The highest BCUT2D eigenvalue weighted by molar-refractivity contribution is 7.07. The van der Waals surface area contributed by atoms with E-state index in [1.807, 2.05) is 18.6 Å². The van der Waals surface area contributed by atoms with Gasteiger partial charge in [0, 0.05) is 36.7 Å². The molecule has 0 aromatic carbocycles. The molecule has 0 atom stereocenters. The summed E-state index contributed by atoms with van der Waals surface area (Å²) in [6.07, 6.45) is 3.81. The van der Waals surface area contributed by atoms with Crippen LogP contribution in [-0.2, 0) is 6.42 Å². The van der Waals surface area contributed by atoms with Gasteiger partial charge in [-0.3, -0.25) is 0 Å². The second-order valence-electron chi connectivity index (χ2n) is 4.31. The van der Waals surface area contributed by atoms with Gasteiger partial charge in [-0.2, -0.15) is 4.98 Å². The molecule has 2 aromatic rings. The smallest absolute Gasteiger partial charge is 0.224 e. The van der Waals surface area contributed by atoms with E-state index < -0.39 is 0 Å².